The predicted octanol–water partition coefficient (Wildman–Crippen LogP) is 2.24. The standard InChI is InChI=1S/C14H20N4S/c1-11(18(2)3)8-15-9-12-10-19-14(17-12)13-6-4-5-7-16-13/h4-7,10-11,15H,8-9H2,1-3H3. The summed E-state index contributed by atoms with van der Waals surface area (Å²) in [4.78, 5) is 11.1. The lowest BCUT2D eigenvalue weighted by molar-refractivity contribution is 0.302. The molecular weight excluding hydrogens is 256 g/mol. The summed E-state index contributed by atoms with van der Waals surface area (Å²) in [5.41, 5.74) is 2.03. The maximum atomic E-state index is 4.60. The Labute approximate surface area is 118 Å². The third-order valence-corrected chi connectivity index (χ3v) is 3.98. The van der Waals surface area contributed by atoms with Crippen molar-refractivity contribution in [2.24, 2.45) is 0 Å². The maximum absolute atomic E-state index is 4.60. The SMILES string of the molecule is CC(CNCc1csc(-c2ccccn2)n1)N(C)C. The van der Waals surface area contributed by atoms with E-state index >= 15 is 0 Å². The fraction of sp³-hybridized carbons (Fsp3) is 0.429. The number of nitrogens with zero attached hydrogens (tertiary/aromatic N) is 3. The number of nitrogens with one attached hydrogen (secondary N) is 1. The van der Waals surface area contributed by atoms with E-state index in [-0.39, 0.29) is 0 Å². The molecule has 0 saturated carbocycles. The third kappa shape index (κ3) is 4.09. The summed E-state index contributed by atoms with van der Waals surface area (Å²) in [5.74, 6) is 0. The molecule has 0 saturated heterocycles. The van der Waals surface area contributed by atoms with Crippen molar-refractivity contribution in [1.29, 1.82) is 0 Å². The number of aromatic nitrogens is 2. The molecule has 0 aliphatic rings. The van der Waals surface area contributed by atoms with Crippen molar-refractivity contribution in [3.05, 3.63) is 35.5 Å². The van der Waals surface area contributed by atoms with E-state index in [1.165, 1.54) is 0 Å². The first-order valence-electron chi connectivity index (χ1n) is 6.40. The molecule has 5 heteroatoms. The Balaban J connectivity index is 1.88. The monoisotopic (exact) mass is 276 g/mol. The van der Waals surface area contributed by atoms with Crippen LogP contribution in [-0.4, -0.2) is 41.5 Å². The number of hydrogen-bond acceptors (Lipinski definition) is 5. The zero-order valence-electron chi connectivity index (χ0n) is 11.6. The fourth-order valence-corrected chi connectivity index (χ4v) is 2.38. The first-order valence-corrected chi connectivity index (χ1v) is 7.27. The highest BCUT2D eigenvalue weighted by molar-refractivity contribution is 7.13. The van der Waals surface area contributed by atoms with Crippen LogP contribution in [-0.2, 0) is 6.54 Å². The van der Waals surface area contributed by atoms with E-state index in [2.05, 4.69) is 46.6 Å². The summed E-state index contributed by atoms with van der Waals surface area (Å²) in [5, 5.41) is 6.51. The normalized spacial score (nSPS) is 12.8. The van der Waals surface area contributed by atoms with Gasteiger partial charge in [-0.3, -0.25) is 4.98 Å². The Bertz CT molecular complexity index is 495. The molecule has 1 N–H and O–H groups in total. The third-order valence-electron chi connectivity index (χ3n) is 3.06. The van der Waals surface area contributed by atoms with Crippen LogP contribution in [0.1, 0.15) is 12.6 Å². The summed E-state index contributed by atoms with van der Waals surface area (Å²) in [6, 6.07) is 6.42. The van der Waals surface area contributed by atoms with E-state index in [1.807, 2.05) is 18.2 Å². The highest BCUT2D eigenvalue weighted by atomic mass is 32.1. The van der Waals surface area contributed by atoms with Crippen LogP contribution in [0.2, 0.25) is 0 Å². The van der Waals surface area contributed by atoms with Crippen LogP contribution in [0.15, 0.2) is 29.8 Å². The molecule has 1 atom stereocenters. The summed E-state index contributed by atoms with van der Waals surface area (Å²) in [7, 11) is 4.18. The van der Waals surface area contributed by atoms with Crippen molar-refractivity contribution in [3.63, 3.8) is 0 Å². The highest BCUT2D eigenvalue weighted by Crippen LogP contribution is 2.21. The van der Waals surface area contributed by atoms with Crippen LogP contribution in [0.25, 0.3) is 10.7 Å². The molecule has 2 rings (SSSR count). The van der Waals surface area contributed by atoms with Gasteiger partial charge in [0.15, 0.2) is 0 Å². The van der Waals surface area contributed by atoms with E-state index in [0.717, 1.165) is 29.5 Å². The Morgan fingerprint density at radius 2 is 2.21 bits per heavy atom. The molecule has 0 aliphatic heterocycles. The van der Waals surface area contributed by atoms with Gasteiger partial charge in [-0.1, -0.05) is 6.07 Å². The van der Waals surface area contributed by atoms with E-state index in [9.17, 15) is 0 Å². The first kappa shape index (κ1) is 14.1. The fourth-order valence-electron chi connectivity index (χ4n) is 1.59. The summed E-state index contributed by atoms with van der Waals surface area (Å²) in [6.07, 6.45) is 1.80. The minimum Gasteiger partial charge on any atom is -0.310 e. The molecule has 102 valence electrons. The van der Waals surface area contributed by atoms with Crippen molar-refractivity contribution in [1.82, 2.24) is 20.2 Å². The van der Waals surface area contributed by atoms with Crippen molar-refractivity contribution in [2.75, 3.05) is 20.6 Å². The van der Waals surface area contributed by atoms with Gasteiger partial charge in [-0.25, -0.2) is 4.98 Å². The van der Waals surface area contributed by atoms with Gasteiger partial charge in [0.2, 0.25) is 0 Å². The molecule has 0 radical (unpaired) electrons. The molecule has 19 heavy (non-hydrogen) atoms. The molecule has 0 fully saturated rings. The second-order valence-corrected chi connectivity index (χ2v) is 5.66. The van der Waals surface area contributed by atoms with Crippen molar-refractivity contribution in [3.8, 4) is 10.7 Å². The smallest absolute Gasteiger partial charge is 0.142 e. The lowest BCUT2D eigenvalue weighted by Gasteiger charge is -2.19. The number of pyridine rings is 1. The molecule has 0 amide bonds. The molecule has 0 aliphatic carbocycles. The van der Waals surface area contributed by atoms with E-state index < -0.39 is 0 Å². The van der Waals surface area contributed by atoms with Gasteiger partial charge in [0.05, 0.1) is 11.4 Å². The largest absolute Gasteiger partial charge is 0.310 e. The Hall–Kier alpha value is -1.30. The quantitative estimate of drug-likeness (QED) is 0.878. The number of thiazole rings is 1. The van der Waals surface area contributed by atoms with Crippen LogP contribution in [0.5, 0.6) is 0 Å². The molecule has 2 aromatic heterocycles. The summed E-state index contributed by atoms with van der Waals surface area (Å²) < 4.78 is 0. The van der Waals surface area contributed by atoms with E-state index in [1.54, 1.807) is 17.5 Å². The Kier molecular flexibility index (Phi) is 5.01. The van der Waals surface area contributed by atoms with Gasteiger partial charge in [-0.05, 0) is 33.2 Å². The van der Waals surface area contributed by atoms with E-state index in [4.69, 9.17) is 0 Å². The van der Waals surface area contributed by atoms with Gasteiger partial charge in [0, 0.05) is 30.7 Å². The van der Waals surface area contributed by atoms with Gasteiger partial charge < -0.3 is 10.2 Å². The molecular formula is C14H20N4S. The zero-order valence-corrected chi connectivity index (χ0v) is 12.4. The zero-order chi connectivity index (χ0) is 13.7. The van der Waals surface area contributed by atoms with E-state index in [0.29, 0.717) is 6.04 Å². The highest BCUT2D eigenvalue weighted by Gasteiger charge is 2.07. The molecule has 0 aromatic carbocycles. The van der Waals surface area contributed by atoms with Crippen LogP contribution < -0.4 is 5.32 Å². The van der Waals surface area contributed by atoms with Crippen LogP contribution in [0, 0.1) is 0 Å². The maximum Gasteiger partial charge on any atom is 0.142 e. The topological polar surface area (TPSA) is 41.1 Å². The first-order chi connectivity index (χ1) is 9.16. The predicted molar refractivity (Wildman–Crippen MR) is 80.2 cm³/mol. The molecule has 2 heterocycles. The van der Waals surface area contributed by atoms with Gasteiger partial charge in [0.25, 0.3) is 0 Å². The summed E-state index contributed by atoms with van der Waals surface area (Å²) in [6.45, 7) is 3.97. The second kappa shape index (κ2) is 6.75. The number of rotatable bonds is 6. The van der Waals surface area contributed by atoms with Gasteiger partial charge >= 0.3 is 0 Å². The minimum absolute atomic E-state index is 0.522. The Morgan fingerprint density at radius 3 is 2.89 bits per heavy atom. The molecule has 1 unspecified atom stereocenters. The minimum atomic E-state index is 0.522. The second-order valence-electron chi connectivity index (χ2n) is 4.80. The van der Waals surface area contributed by atoms with Crippen molar-refractivity contribution >= 4 is 11.3 Å². The van der Waals surface area contributed by atoms with Crippen LogP contribution >= 0.6 is 11.3 Å². The average molecular weight is 276 g/mol. The molecule has 0 spiro atoms. The number of likely N-dealkylation sites (N-methyl/N-ethyl adjacent to an activating group) is 1. The lowest BCUT2D eigenvalue weighted by atomic mass is 10.3. The molecule has 4 nitrogen and oxygen atoms in total. The van der Waals surface area contributed by atoms with Gasteiger partial charge in [-0.15, -0.1) is 11.3 Å². The van der Waals surface area contributed by atoms with Gasteiger partial charge in [-0.2, -0.15) is 0 Å². The van der Waals surface area contributed by atoms with Crippen LogP contribution in [0.3, 0.4) is 0 Å². The molecule has 0 bridgehead atoms. The lowest BCUT2D eigenvalue weighted by Crippen LogP contribution is -2.35. The van der Waals surface area contributed by atoms with Crippen LogP contribution in [0.4, 0.5) is 0 Å². The summed E-state index contributed by atoms with van der Waals surface area (Å²) >= 11 is 1.64. The van der Waals surface area contributed by atoms with Crippen molar-refractivity contribution in [2.45, 2.75) is 19.5 Å². The van der Waals surface area contributed by atoms with Gasteiger partial charge in [0.1, 0.15) is 5.01 Å². The molecule has 2 aromatic rings. The Morgan fingerprint density at radius 1 is 1.37 bits per heavy atom. The van der Waals surface area contributed by atoms with Crippen molar-refractivity contribution < 1.29 is 0 Å². The average Bonchev–Trinajstić information content (AvgIpc) is 2.88. The number of hydrogen-bond donors (Lipinski definition) is 1.